The lowest BCUT2D eigenvalue weighted by atomic mass is 10.0. The lowest BCUT2D eigenvalue weighted by Crippen LogP contribution is -2.34. The van der Waals surface area contributed by atoms with Crippen LogP contribution in [-0.4, -0.2) is 88.5 Å². The molecule has 1 saturated heterocycles. The minimum atomic E-state index is -0.528. The molecule has 40 heavy (non-hydrogen) atoms. The van der Waals surface area contributed by atoms with Crippen LogP contribution in [0.2, 0.25) is 0 Å². The maximum atomic E-state index is 11.2. The van der Waals surface area contributed by atoms with Crippen LogP contribution < -0.4 is 11.2 Å². The van der Waals surface area contributed by atoms with E-state index in [4.69, 9.17) is 31.0 Å². The van der Waals surface area contributed by atoms with Gasteiger partial charge in [-0.05, 0) is 53.7 Å². The molecule has 1 fully saturated rings. The normalized spacial score (nSPS) is 20.0. The number of hydrogen-bond acceptors (Lipinski definition) is 8. The number of nitrogens with two attached hydrogens (primary N) is 1. The van der Waals surface area contributed by atoms with E-state index >= 15 is 0 Å². The maximum Gasteiger partial charge on any atom is 0.267 e. The van der Waals surface area contributed by atoms with Gasteiger partial charge in [-0.15, -0.1) is 0 Å². The van der Waals surface area contributed by atoms with E-state index in [1.807, 2.05) is 6.07 Å². The Kier molecular flexibility index (Phi) is 12.8. The van der Waals surface area contributed by atoms with E-state index in [0.717, 1.165) is 45.0 Å². The predicted octanol–water partition coefficient (Wildman–Crippen LogP) is 1.91. The summed E-state index contributed by atoms with van der Waals surface area (Å²) in [6, 6.07) is 15.1. The number of aromatic amines is 1. The number of benzene rings is 2. The molecule has 0 bridgehead atoms. The van der Waals surface area contributed by atoms with Crippen molar-refractivity contribution in [2.24, 2.45) is 5.73 Å². The van der Waals surface area contributed by atoms with E-state index in [1.54, 1.807) is 11.6 Å². The van der Waals surface area contributed by atoms with Gasteiger partial charge in [-0.2, -0.15) is 0 Å². The molecule has 3 aromatic rings. The molecule has 2 heterocycles. The van der Waals surface area contributed by atoms with E-state index in [2.05, 4.69) is 52.5 Å². The van der Waals surface area contributed by atoms with Gasteiger partial charge in [0.15, 0.2) is 0 Å². The first-order valence-electron chi connectivity index (χ1n) is 13.6. The summed E-state index contributed by atoms with van der Waals surface area (Å²) in [5.41, 5.74) is 13.7. The summed E-state index contributed by atoms with van der Waals surface area (Å²) in [7, 11) is 1.00. The number of ether oxygens (including phenoxy) is 1. The number of nitrogens with zero attached hydrogens (tertiary/aromatic N) is 1. The number of aryl methyl sites for hydroxylation is 1. The average Bonchev–Trinajstić information content (AvgIpc) is 3.59. The number of aliphatic hydroxyl groups is 3. The Bertz CT molecular complexity index is 1220. The molecule has 3 atom stereocenters. The summed E-state index contributed by atoms with van der Waals surface area (Å²) in [5, 5.41) is 34.5. The van der Waals surface area contributed by atoms with Gasteiger partial charge in [-0.1, -0.05) is 36.4 Å². The van der Waals surface area contributed by atoms with E-state index in [-0.39, 0.29) is 0 Å². The van der Waals surface area contributed by atoms with Gasteiger partial charge in [0.25, 0.3) is 5.91 Å². The zero-order chi connectivity index (χ0) is 28.9. The number of rotatable bonds is 8. The van der Waals surface area contributed by atoms with Gasteiger partial charge < -0.3 is 30.8 Å². The third-order valence-electron chi connectivity index (χ3n) is 7.12. The molecule has 218 valence electrons. The number of carbonyl (C=O) groups is 1. The molecule has 1 aliphatic heterocycles. The molecular formula is C30H42N4O6. The molecule has 2 aliphatic rings. The monoisotopic (exact) mass is 554 g/mol. The summed E-state index contributed by atoms with van der Waals surface area (Å²) in [6.45, 7) is 3.21. The minimum absolute atomic E-state index is 0.368. The first-order chi connectivity index (χ1) is 19.5. The standard InChI is InChI=1S/C24H28N4O2.C5H10O3.CH4O/c25-12-14-28(13-11-19-16-26-22-4-2-1-3-20(19)22)23-9-7-18-15-17(5-8-21(18)23)6-10-24(29)27-30;6-4-1-5(7)3-8-2-4;1-2/h1-6,8,10,15-16,23,26,30H,7,9,11-14,25H2,(H,27,29);4-7H,1-3H2;2H,1H3/b10-6+;;. The van der Waals surface area contributed by atoms with Crippen molar-refractivity contribution in [2.75, 3.05) is 40.0 Å². The molecule has 10 nitrogen and oxygen atoms in total. The van der Waals surface area contributed by atoms with E-state index in [9.17, 15) is 4.79 Å². The van der Waals surface area contributed by atoms with Crippen molar-refractivity contribution in [3.05, 3.63) is 77.0 Å². The SMILES string of the molecule is CO.NCCN(CCc1c[nH]c2ccccc12)C1CCc2cc(/C=C/C(=O)NO)ccc21.OC1COCC(O)C1. The third-order valence-corrected chi connectivity index (χ3v) is 7.12. The second-order valence-corrected chi connectivity index (χ2v) is 9.84. The number of H-pyrrole nitrogens is 1. The molecule has 2 aromatic carbocycles. The number of fused-ring (bicyclic) bond motifs is 2. The third kappa shape index (κ3) is 8.70. The Morgan fingerprint density at radius 2 is 1.90 bits per heavy atom. The van der Waals surface area contributed by atoms with Crippen LogP contribution in [0, 0.1) is 0 Å². The summed E-state index contributed by atoms with van der Waals surface area (Å²) in [6.07, 6.45) is 7.78. The molecule has 3 unspecified atom stereocenters. The number of hydrogen-bond donors (Lipinski definition) is 7. The zero-order valence-corrected chi connectivity index (χ0v) is 23.0. The highest BCUT2D eigenvalue weighted by Crippen LogP contribution is 2.36. The Hall–Kier alpha value is -3.09. The van der Waals surface area contributed by atoms with Gasteiger partial charge in [-0.3, -0.25) is 14.9 Å². The number of aromatic nitrogens is 1. The molecule has 0 saturated carbocycles. The molecule has 10 heteroatoms. The Morgan fingerprint density at radius 1 is 1.15 bits per heavy atom. The largest absolute Gasteiger partial charge is 0.400 e. The number of carbonyl (C=O) groups excluding carboxylic acids is 1. The first kappa shape index (κ1) is 31.4. The van der Waals surface area contributed by atoms with Crippen LogP contribution in [0.3, 0.4) is 0 Å². The molecule has 1 aliphatic carbocycles. The average molecular weight is 555 g/mol. The van der Waals surface area contributed by atoms with E-state index < -0.39 is 18.1 Å². The van der Waals surface area contributed by atoms with Crippen LogP contribution in [0.4, 0.5) is 0 Å². The summed E-state index contributed by atoms with van der Waals surface area (Å²) < 4.78 is 4.79. The van der Waals surface area contributed by atoms with Crippen molar-refractivity contribution >= 4 is 22.9 Å². The van der Waals surface area contributed by atoms with Crippen LogP contribution in [-0.2, 0) is 22.4 Å². The lowest BCUT2D eigenvalue weighted by molar-refractivity contribution is -0.124. The summed E-state index contributed by atoms with van der Waals surface area (Å²) in [5.74, 6) is -0.528. The second kappa shape index (κ2) is 16.2. The van der Waals surface area contributed by atoms with Crippen molar-refractivity contribution in [1.29, 1.82) is 0 Å². The quantitative estimate of drug-likeness (QED) is 0.126. The topological polar surface area (TPSA) is 164 Å². The Morgan fingerprint density at radius 3 is 2.58 bits per heavy atom. The molecule has 5 rings (SSSR count). The lowest BCUT2D eigenvalue weighted by Gasteiger charge is -2.29. The fourth-order valence-electron chi connectivity index (χ4n) is 5.29. The van der Waals surface area contributed by atoms with Crippen molar-refractivity contribution in [1.82, 2.24) is 15.4 Å². The summed E-state index contributed by atoms with van der Waals surface area (Å²) >= 11 is 0. The maximum absolute atomic E-state index is 11.2. The van der Waals surface area contributed by atoms with Crippen molar-refractivity contribution in [2.45, 2.75) is 43.9 Å². The van der Waals surface area contributed by atoms with Crippen LogP contribution in [0.25, 0.3) is 17.0 Å². The van der Waals surface area contributed by atoms with E-state index in [1.165, 1.54) is 33.7 Å². The highest BCUT2D eigenvalue weighted by Gasteiger charge is 2.27. The van der Waals surface area contributed by atoms with Gasteiger partial charge in [0.2, 0.25) is 0 Å². The minimum Gasteiger partial charge on any atom is -0.400 e. The van der Waals surface area contributed by atoms with Crippen LogP contribution >= 0.6 is 0 Å². The fraction of sp³-hybridized carbons (Fsp3) is 0.433. The molecule has 8 N–H and O–H groups in total. The van der Waals surface area contributed by atoms with Gasteiger partial charge in [-0.25, -0.2) is 5.48 Å². The van der Waals surface area contributed by atoms with Gasteiger partial charge in [0.1, 0.15) is 0 Å². The highest BCUT2D eigenvalue weighted by molar-refractivity contribution is 5.90. The number of aliphatic hydroxyl groups excluding tert-OH is 3. The number of hydroxylamine groups is 1. The Labute approximate surface area is 235 Å². The van der Waals surface area contributed by atoms with Crippen molar-refractivity contribution in [3.63, 3.8) is 0 Å². The van der Waals surface area contributed by atoms with Crippen molar-refractivity contribution < 1.29 is 30.1 Å². The smallest absolute Gasteiger partial charge is 0.267 e. The summed E-state index contributed by atoms with van der Waals surface area (Å²) in [4.78, 5) is 17.1. The fourth-order valence-corrected chi connectivity index (χ4v) is 5.29. The first-order valence-corrected chi connectivity index (χ1v) is 13.6. The van der Waals surface area contributed by atoms with Crippen LogP contribution in [0.5, 0.6) is 0 Å². The Balaban J connectivity index is 0.000000376. The van der Waals surface area contributed by atoms with Gasteiger partial charge in [0.05, 0.1) is 25.4 Å². The van der Waals surface area contributed by atoms with Gasteiger partial charge in [0, 0.05) is 62.4 Å². The molecule has 1 aromatic heterocycles. The molecule has 0 radical (unpaired) electrons. The van der Waals surface area contributed by atoms with Gasteiger partial charge >= 0.3 is 0 Å². The number of nitrogens with one attached hydrogen (secondary N) is 2. The number of amides is 1. The van der Waals surface area contributed by atoms with Crippen molar-refractivity contribution in [3.8, 4) is 0 Å². The van der Waals surface area contributed by atoms with Crippen LogP contribution in [0.1, 0.15) is 41.1 Å². The van der Waals surface area contributed by atoms with E-state index in [0.29, 0.717) is 32.2 Å². The number of para-hydroxylation sites is 1. The predicted molar refractivity (Wildman–Crippen MR) is 155 cm³/mol. The molecular weight excluding hydrogens is 512 g/mol. The second-order valence-electron chi connectivity index (χ2n) is 9.84. The molecule has 0 spiro atoms. The van der Waals surface area contributed by atoms with Crippen LogP contribution in [0.15, 0.2) is 54.7 Å². The highest BCUT2D eigenvalue weighted by atomic mass is 16.5. The zero-order valence-electron chi connectivity index (χ0n) is 23.0. The molecule has 1 amide bonds.